The maximum absolute atomic E-state index is 13.0. The first-order valence-electron chi connectivity index (χ1n) is 10.4. The Bertz CT molecular complexity index is 1390. The molecule has 0 bridgehead atoms. The molecule has 2 aliphatic rings. The molecule has 8 heteroatoms. The van der Waals surface area contributed by atoms with Crippen molar-refractivity contribution in [1.82, 2.24) is 0 Å². The molecule has 1 amide bonds. The van der Waals surface area contributed by atoms with Gasteiger partial charge in [0.2, 0.25) is 6.79 Å². The second kappa shape index (κ2) is 8.67. The second-order valence-corrected chi connectivity index (χ2v) is 7.53. The summed E-state index contributed by atoms with van der Waals surface area (Å²) in [4.78, 5) is 50.2. The highest BCUT2D eigenvalue weighted by atomic mass is 16.7. The van der Waals surface area contributed by atoms with Crippen molar-refractivity contribution in [1.29, 1.82) is 0 Å². The average molecular weight is 455 g/mol. The maximum Gasteiger partial charge on any atom is 0.331 e. The number of fused-ring (bicyclic) bond motifs is 3. The predicted molar refractivity (Wildman–Crippen MR) is 121 cm³/mol. The first-order chi connectivity index (χ1) is 16.5. The van der Waals surface area contributed by atoms with Gasteiger partial charge in [-0.05, 0) is 29.8 Å². The van der Waals surface area contributed by atoms with Crippen molar-refractivity contribution in [3.05, 3.63) is 94.6 Å². The van der Waals surface area contributed by atoms with Gasteiger partial charge in [0.25, 0.3) is 5.91 Å². The van der Waals surface area contributed by atoms with Crippen LogP contribution in [-0.2, 0) is 14.3 Å². The number of benzene rings is 3. The monoisotopic (exact) mass is 455 g/mol. The van der Waals surface area contributed by atoms with E-state index in [1.807, 2.05) is 0 Å². The molecule has 1 N–H and O–H groups in total. The molecule has 1 aliphatic heterocycles. The number of esters is 1. The third-order valence-corrected chi connectivity index (χ3v) is 5.38. The van der Waals surface area contributed by atoms with E-state index in [0.717, 1.165) is 0 Å². The van der Waals surface area contributed by atoms with Crippen LogP contribution in [-0.4, -0.2) is 36.8 Å². The molecule has 1 aliphatic carbocycles. The Morgan fingerprint density at radius 1 is 0.882 bits per heavy atom. The van der Waals surface area contributed by atoms with Gasteiger partial charge in [-0.25, -0.2) is 4.79 Å². The minimum Gasteiger partial charge on any atom is -0.454 e. The van der Waals surface area contributed by atoms with Gasteiger partial charge in [0.15, 0.2) is 29.7 Å². The van der Waals surface area contributed by atoms with E-state index in [1.54, 1.807) is 54.6 Å². The summed E-state index contributed by atoms with van der Waals surface area (Å²) in [5.41, 5.74) is 1.82. The molecule has 0 radical (unpaired) electrons. The molecule has 1 heterocycles. The maximum atomic E-state index is 13.0. The highest BCUT2D eigenvalue weighted by Crippen LogP contribution is 2.33. The summed E-state index contributed by atoms with van der Waals surface area (Å²) in [5.74, 6) is -0.800. The first-order valence-corrected chi connectivity index (χ1v) is 10.4. The zero-order valence-electron chi connectivity index (χ0n) is 17.7. The number of amides is 1. The lowest BCUT2D eigenvalue weighted by atomic mass is 9.83. The molecule has 0 saturated heterocycles. The van der Waals surface area contributed by atoms with Gasteiger partial charge < -0.3 is 19.5 Å². The summed E-state index contributed by atoms with van der Waals surface area (Å²) in [6.45, 7) is -0.413. The first kappa shape index (κ1) is 21.1. The summed E-state index contributed by atoms with van der Waals surface area (Å²) in [5, 5.41) is 2.57. The Kier molecular flexibility index (Phi) is 5.39. The van der Waals surface area contributed by atoms with Gasteiger partial charge >= 0.3 is 5.97 Å². The average Bonchev–Trinajstić information content (AvgIpc) is 3.33. The van der Waals surface area contributed by atoms with Crippen LogP contribution in [0.4, 0.5) is 5.69 Å². The van der Waals surface area contributed by atoms with Crippen molar-refractivity contribution in [2.24, 2.45) is 0 Å². The number of ether oxygens (including phenoxy) is 3. The number of carbonyl (C=O) groups excluding carboxylic acids is 4. The van der Waals surface area contributed by atoms with Crippen LogP contribution in [0.5, 0.6) is 11.5 Å². The highest BCUT2D eigenvalue weighted by molar-refractivity contribution is 6.30. The smallest absolute Gasteiger partial charge is 0.331 e. The van der Waals surface area contributed by atoms with Crippen LogP contribution in [0.2, 0.25) is 0 Å². The predicted octanol–water partition coefficient (Wildman–Crippen LogP) is 3.39. The van der Waals surface area contributed by atoms with Crippen LogP contribution < -0.4 is 14.8 Å². The molecule has 0 fully saturated rings. The van der Waals surface area contributed by atoms with Gasteiger partial charge in [0, 0.05) is 22.8 Å². The third kappa shape index (κ3) is 3.93. The summed E-state index contributed by atoms with van der Waals surface area (Å²) in [7, 11) is 0. The van der Waals surface area contributed by atoms with Crippen LogP contribution in [0.1, 0.15) is 37.4 Å². The van der Waals surface area contributed by atoms with Crippen molar-refractivity contribution in [3.8, 4) is 11.5 Å². The molecule has 0 aromatic heterocycles. The second-order valence-electron chi connectivity index (χ2n) is 7.53. The van der Waals surface area contributed by atoms with Crippen molar-refractivity contribution in [2.45, 2.75) is 0 Å². The van der Waals surface area contributed by atoms with E-state index in [-0.39, 0.29) is 40.7 Å². The molecule has 8 nitrogen and oxygen atoms in total. The number of anilines is 1. The summed E-state index contributed by atoms with van der Waals surface area (Å²) >= 11 is 0. The highest BCUT2D eigenvalue weighted by Gasteiger charge is 2.31. The molecule has 168 valence electrons. The molecule has 0 atom stereocenters. The van der Waals surface area contributed by atoms with Gasteiger partial charge in [0.1, 0.15) is 0 Å². The number of carbonyl (C=O) groups is 4. The summed E-state index contributed by atoms with van der Waals surface area (Å²) in [6.07, 6.45) is 2.71. The Hall–Kier alpha value is -4.72. The Labute approximate surface area is 193 Å². The quantitative estimate of drug-likeness (QED) is 0.363. The van der Waals surface area contributed by atoms with Gasteiger partial charge in [-0.3, -0.25) is 14.4 Å². The van der Waals surface area contributed by atoms with Crippen molar-refractivity contribution in [2.75, 3.05) is 18.7 Å². The molecule has 34 heavy (non-hydrogen) atoms. The number of nitrogens with one attached hydrogen (secondary N) is 1. The largest absolute Gasteiger partial charge is 0.454 e. The topological polar surface area (TPSA) is 108 Å². The van der Waals surface area contributed by atoms with E-state index in [2.05, 4.69) is 5.32 Å². The minimum absolute atomic E-state index is 0.119. The Balaban J connectivity index is 1.24. The molecule has 3 aromatic rings. The standard InChI is InChI=1S/C26H17NO7/c28-22(13-32-23(29)11-9-15-8-10-20-21(12-15)34-14-33-20)27-19-7-3-6-18-24(19)26(31)17-5-2-1-4-16(17)25(18)30/h1-12H,13-14H2,(H,27,28)/b11-9+. The normalized spacial score (nSPS) is 13.4. The Morgan fingerprint density at radius 2 is 1.62 bits per heavy atom. The van der Waals surface area contributed by atoms with E-state index in [0.29, 0.717) is 22.6 Å². The van der Waals surface area contributed by atoms with Crippen LogP contribution in [0.15, 0.2) is 66.7 Å². The lowest BCUT2D eigenvalue weighted by molar-refractivity contribution is -0.142. The van der Waals surface area contributed by atoms with E-state index in [4.69, 9.17) is 14.2 Å². The van der Waals surface area contributed by atoms with Crippen LogP contribution in [0, 0.1) is 0 Å². The molecule has 5 rings (SSSR count). The fourth-order valence-electron chi connectivity index (χ4n) is 3.80. The SMILES string of the molecule is O=C(COC(=O)/C=C/c1ccc2c(c1)OCO2)Nc1cccc2c1C(=O)c1ccccc1C2=O. The number of hydrogen-bond acceptors (Lipinski definition) is 7. The van der Waals surface area contributed by atoms with E-state index >= 15 is 0 Å². The number of hydrogen-bond donors (Lipinski definition) is 1. The number of rotatable bonds is 5. The molecule has 0 saturated carbocycles. The fraction of sp³-hybridized carbons (Fsp3) is 0.0769. The van der Waals surface area contributed by atoms with Crippen LogP contribution in [0.25, 0.3) is 6.08 Å². The Morgan fingerprint density at radius 3 is 2.44 bits per heavy atom. The van der Waals surface area contributed by atoms with Gasteiger partial charge in [-0.15, -0.1) is 0 Å². The van der Waals surface area contributed by atoms with Crippen molar-refractivity contribution < 1.29 is 33.4 Å². The van der Waals surface area contributed by atoms with Gasteiger partial charge in [-0.2, -0.15) is 0 Å². The number of ketones is 2. The van der Waals surface area contributed by atoms with Crippen LogP contribution in [0.3, 0.4) is 0 Å². The summed E-state index contributed by atoms with van der Waals surface area (Å²) in [6, 6.07) is 16.4. The van der Waals surface area contributed by atoms with E-state index in [1.165, 1.54) is 18.2 Å². The molecular weight excluding hydrogens is 438 g/mol. The van der Waals surface area contributed by atoms with Crippen LogP contribution >= 0.6 is 0 Å². The van der Waals surface area contributed by atoms with E-state index in [9.17, 15) is 19.2 Å². The summed E-state index contributed by atoms with van der Waals surface area (Å²) < 4.78 is 15.5. The zero-order valence-corrected chi connectivity index (χ0v) is 17.7. The van der Waals surface area contributed by atoms with Crippen molar-refractivity contribution in [3.63, 3.8) is 0 Å². The fourth-order valence-corrected chi connectivity index (χ4v) is 3.80. The minimum atomic E-state index is -0.719. The van der Waals surface area contributed by atoms with Gasteiger partial charge in [0.05, 0.1) is 11.3 Å². The molecule has 0 spiro atoms. The lowest BCUT2D eigenvalue weighted by Crippen LogP contribution is -2.25. The lowest BCUT2D eigenvalue weighted by Gasteiger charge is -2.20. The van der Waals surface area contributed by atoms with Crippen molar-refractivity contribution >= 4 is 35.2 Å². The molecular formula is C26H17NO7. The third-order valence-electron chi connectivity index (χ3n) is 5.38. The molecule has 3 aromatic carbocycles. The molecule has 0 unspecified atom stereocenters. The van der Waals surface area contributed by atoms with E-state index < -0.39 is 18.5 Å². The zero-order chi connectivity index (χ0) is 23.7. The van der Waals surface area contributed by atoms with Gasteiger partial charge in [-0.1, -0.05) is 42.5 Å².